The minimum atomic E-state index is -3.66. The molecule has 1 aromatic heterocycles. The molecule has 0 aliphatic carbocycles. The van der Waals surface area contributed by atoms with Crippen LogP contribution in [-0.4, -0.2) is 41.0 Å². The Morgan fingerprint density at radius 1 is 1.38 bits per heavy atom. The van der Waals surface area contributed by atoms with E-state index in [0.717, 1.165) is 25.9 Å². The van der Waals surface area contributed by atoms with Gasteiger partial charge in [0, 0.05) is 6.54 Å². The molecule has 7 nitrogen and oxygen atoms in total. The lowest BCUT2D eigenvalue weighted by molar-refractivity contribution is 0.0889. The Hall–Kier alpha value is -1.38. The van der Waals surface area contributed by atoms with Crippen molar-refractivity contribution < 1.29 is 17.6 Å². The number of hydrogen-bond acceptors (Lipinski definition) is 5. The largest absolute Gasteiger partial charge is 0.438 e. The Bertz CT molecular complexity index is 603. The number of rotatable bonds is 5. The maximum absolute atomic E-state index is 12.0. The summed E-state index contributed by atoms with van der Waals surface area (Å²) in [5.41, 5.74) is 0.0629. The van der Waals surface area contributed by atoms with Gasteiger partial charge in [0.05, 0.1) is 0 Å². The average molecular weight is 315 g/mol. The van der Waals surface area contributed by atoms with Gasteiger partial charge >= 0.3 is 0 Å². The van der Waals surface area contributed by atoms with Crippen molar-refractivity contribution in [2.45, 2.75) is 24.9 Å². The molecule has 8 heteroatoms. The molecule has 0 unspecified atom stereocenters. The van der Waals surface area contributed by atoms with E-state index in [1.54, 1.807) is 0 Å². The van der Waals surface area contributed by atoms with E-state index in [-0.39, 0.29) is 16.3 Å². The van der Waals surface area contributed by atoms with Crippen LogP contribution in [0.1, 0.15) is 30.3 Å². The van der Waals surface area contributed by atoms with Gasteiger partial charge in [-0.3, -0.25) is 4.79 Å². The van der Waals surface area contributed by atoms with Gasteiger partial charge in [0.2, 0.25) is 5.09 Å². The van der Waals surface area contributed by atoms with Crippen LogP contribution in [0.25, 0.3) is 0 Å². The van der Waals surface area contributed by atoms with E-state index in [2.05, 4.69) is 22.3 Å². The highest BCUT2D eigenvalue weighted by atomic mass is 32.2. The van der Waals surface area contributed by atoms with E-state index in [1.165, 1.54) is 19.2 Å². The van der Waals surface area contributed by atoms with Crippen molar-refractivity contribution in [2.75, 3.05) is 26.7 Å². The number of hydrogen-bond donors (Lipinski definition) is 3. The van der Waals surface area contributed by atoms with Crippen LogP contribution in [0.4, 0.5) is 0 Å². The van der Waals surface area contributed by atoms with E-state index in [9.17, 15) is 13.2 Å². The first-order valence-corrected chi connectivity index (χ1v) is 8.37. The summed E-state index contributed by atoms with van der Waals surface area (Å²) in [4.78, 5) is 12.0. The van der Waals surface area contributed by atoms with Crippen LogP contribution in [0.5, 0.6) is 0 Å². The second kappa shape index (κ2) is 6.17. The SMILES string of the molecule is CNS(=O)(=O)c1ccc(C(=O)NCC2(C)CCNCC2)o1. The highest BCUT2D eigenvalue weighted by Gasteiger charge is 2.28. The Balaban J connectivity index is 1.98. The first-order valence-electron chi connectivity index (χ1n) is 6.89. The van der Waals surface area contributed by atoms with Gasteiger partial charge in [-0.25, -0.2) is 13.1 Å². The summed E-state index contributed by atoms with van der Waals surface area (Å²) in [6.07, 6.45) is 1.98. The van der Waals surface area contributed by atoms with Crippen LogP contribution in [0.2, 0.25) is 0 Å². The van der Waals surface area contributed by atoms with Crippen molar-refractivity contribution in [3.05, 3.63) is 17.9 Å². The quantitative estimate of drug-likeness (QED) is 0.726. The van der Waals surface area contributed by atoms with Crippen LogP contribution in [0.15, 0.2) is 21.6 Å². The maximum atomic E-state index is 12.0. The molecule has 2 heterocycles. The molecule has 1 aliphatic heterocycles. The molecule has 0 bridgehead atoms. The second-order valence-corrected chi connectivity index (χ2v) is 7.39. The fraction of sp³-hybridized carbons (Fsp3) is 0.615. The first kappa shape index (κ1) is 16.0. The molecular formula is C13H21N3O4S. The van der Waals surface area contributed by atoms with Crippen molar-refractivity contribution in [1.82, 2.24) is 15.4 Å². The fourth-order valence-corrected chi connectivity index (χ4v) is 2.92. The lowest BCUT2D eigenvalue weighted by Gasteiger charge is -2.33. The Morgan fingerprint density at radius 3 is 2.67 bits per heavy atom. The summed E-state index contributed by atoms with van der Waals surface area (Å²) in [5.74, 6) is -0.395. The average Bonchev–Trinajstić information content (AvgIpc) is 2.96. The van der Waals surface area contributed by atoms with Crippen LogP contribution >= 0.6 is 0 Å². The standard InChI is InChI=1S/C13H21N3O4S/c1-13(5-7-15-8-6-13)9-16-12(17)10-3-4-11(20-10)21(18,19)14-2/h3-4,14-15H,5-9H2,1-2H3,(H,16,17). The van der Waals surface area contributed by atoms with E-state index < -0.39 is 15.9 Å². The Morgan fingerprint density at radius 2 is 2.05 bits per heavy atom. The predicted molar refractivity (Wildman–Crippen MR) is 77.5 cm³/mol. The van der Waals surface area contributed by atoms with Crippen LogP contribution in [0, 0.1) is 5.41 Å². The third-order valence-electron chi connectivity index (χ3n) is 3.83. The smallest absolute Gasteiger partial charge is 0.287 e. The molecule has 0 spiro atoms. The zero-order valence-corrected chi connectivity index (χ0v) is 13.0. The van der Waals surface area contributed by atoms with E-state index >= 15 is 0 Å². The summed E-state index contributed by atoms with van der Waals surface area (Å²) in [5, 5.41) is 5.84. The van der Waals surface area contributed by atoms with Gasteiger partial charge in [-0.15, -0.1) is 0 Å². The van der Waals surface area contributed by atoms with E-state index in [4.69, 9.17) is 4.42 Å². The zero-order valence-electron chi connectivity index (χ0n) is 12.2. The lowest BCUT2D eigenvalue weighted by Crippen LogP contribution is -2.42. The number of amides is 1. The normalized spacial score (nSPS) is 18.4. The second-order valence-electron chi connectivity index (χ2n) is 5.57. The molecule has 0 atom stereocenters. The number of sulfonamides is 1. The number of furan rings is 1. The topological polar surface area (TPSA) is 100 Å². The molecule has 1 aliphatic rings. The summed E-state index contributed by atoms with van der Waals surface area (Å²) in [6.45, 7) is 4.56. The maximum Gasteiger partial charge on any atom is 0.287 e. The van der Waals surface area contributed by atoms with Crippen LogP contribution in [-0.2, 0) is 10.0 Å². The van der Waals surface area contributed by atoms with Crippen molar-refractivity contribution >= 4 is 15.9 Å². The van der Waals surface area contributed by atoms with E-state index in [0.29, 0.717) is 6.54 Å². The van der Waals surface area contributed by atoms with Crippen molar-refractivity contribution in [1.29, 1.82) is 0 Å². The van der Waals surface area contributed by atoms with Gasteiger partial charge in [-0.2, -0.15) is 0 Å². The van der Waals surface area contributed by atoms with Crippen LogP contribution in [0.3, 0.4) is 0 Å². The van der Waals surface area contributed by atoms with Gasteiger partial charge in [0.25, 0.3) is 15.9 Å². The highest BCUT2D eigenvalue weighted by Crippen LogP contribution is 2.26. The van der Waals surface area contributed by atoms with Gasteiger partial charge in [0.15, 0.2) is 5.76 Å². The summed E-state index contributed by atoms with van der Waals surface area (Å²) in [7, 11) is -2.38. The monoisotopic (exact) mass is 315 g/mol. The summed E-state index contributed by atoms with van der Waals surface area (Å²) < 4.78 is 30.3. The molecule has 0 saturated carbocycles. The van der Waals surface area contributed by atoms with E-state index in [1.807, 2.05) is 0 Å². The zero-order chi connectivity index (χ0) is 15.5. The Kier molecular flexibility index (Phi) is 4.70. The van der Waals surface area contributed by atoms with Gasteiger partial charge < -0.3 is 15.1 Å². The number of piperidine rings is 1. The molecule has 3 N–H and O–H groups in total. The predicted octanol–water partition coefficient (Wildman–Crippen LogP) is 0.307. The molecule has 21 heavy (non-hydrogen) atoms. The molecule has 1 amide bonds. The minimum absolute atomic E-state index is 0.00126. The molecule has 1 saturated heterocycles. The highest BCUT2D eigenvalue weighted by molar-refractivity contribution is 7.89. The van der Waals surface area contributed by atoms with Gasteiger partial charge in [-0.1, -0.05) is 6.92 Å². The number of carbonyl (C=O) groups is 1. The molecule has 118 valence electrons. The number of nitrogens with one attached hydrogen (secondary N) is 3. The van der Waals surface area contributed by atoms with Crippen molar-refractivity contribution in [2.24, 2.45) is 5.41 Å². The third-order valence-corrected chi connectivity index (χ3v) is 5.11. The molecule has 1 aromatic rings. The van der Waals surface area contributed by atoms with Crippen LogP contribution < -0.4 is 15.4 Å². The van der Waals surface area contributed by atoms with Gasteiger partial charge in [0.1, 0.15) is 0 Å². The fourth-order valence-electron chi connectivity index (χ4n) is 2.28. The van der Waals surface area contributed by atoms with Gasteiger partial charge in [-0.05, 0) is 50.5 Å². The summed E-state index contributed by atoms with van der Waals surface area (Å²) >= 11 is 0. The molecular weight excluding hydrogens is 294 g/mol. The van der Waals surface area contributed by atoms with Crippen molar-refractivity contribution in [3.63, 3.8) is 0 Å². The molecule has 1 fully saturated rings. The molecule has 0 aromatic carbocycles. The molecule has 2 rings (SSSR count). The lowest BCUT2D eigenvalue weighted by atomic mass is 9.81. The minimum Gasteiger partial charge on any atom is -0.438 e. The number of carbonyl (C=O) groups excluding carboxylic acids is 1. The third kappa shape index (κ3) is 3.84. The summed E-state index contributed by atoms with van der Waals surface area (Å²) in [6, 6.07) is 2.64. The first-order chi connectivity index (χ1) is 9.86. The van der Waals surface area contributed by atoms with Crippen molar-refractivity contribution in [3.8, 4) is 0 Å². The molecule has 0 radical (unpaired) electrons. The Labute approximate surface area is 124 Å².